The molecule has 2 aliphatic carbocycles. The number of aromatic amines is 1. The van der Waals surface area contributed by atoms with Gasteiger partial charge in [0.15, 0.2) is 0 Å². The lowest BCUT2D eigenvalue weighted by Crippen LogP contribution is -2.50. The minimum atomic E-state index is -0.630. The summed E-state index contributed by atoms with van der Waals surface area (Å²) in [6.07, 6.45) is 11.8. The number of H-pyrrole nitrogens is 1. The highest BCUT2D eigenvalue weighted by Crippen LogP contribution is 2.43. The van der Waals surface area contributed by atoms with Crippen molar-refractivity contribution in [3.8, 4) is 22.8 Å². The smallest absolute Gasteiger partial charge is 0.374 e. The van der Waals surface area contributed by atoms with Crippen LogP contribution in [0.4, 0.5) is 5.95 Å². The lowest BCUT2D eigenvalue weighted by Gasteiger charge is -2.40. The first-order valence-corrected chi connectivity index (χ1v) is 14.8. The van der Waals surface area contributed by atoms with Crippen molar-refractivity contribution in [1.82, 2.24) is 29.7 Å². The first kappa shape index (κ1) is 25.7. The Labute approximate surface area is 237 Å². The van der Waals surface area contributed by atoms with E-state index in [4.69, 9.17) is 30.8 Å². The van der Waals surface area contributed by atoms with Gasteiger partial charge in [-0.15, -0.1) is 0 Å². The molecule has 3 atom stereocenters. The van der Waals surface area contributed by atoms with Crippen molar-refractivity contribution in [2.24, 2.45) is 11.8 Å². The number of anilines is 1. The van der Waals surface area contributed by atoms with Gasteiger partial charge < -0.3 is 14.2 Å². The van der Waals surface area contributed by atoms with E-state index in [9.17, 15) is 4.79 Å². The largest absolute Gasteiger partial charge is 0.439 e. The number of halogens is 1. The van der Waals surface area contributed by atoms with Crippen LogP contribution < -0.4 is 10.7 Å². The van der Waals surface area contributed by atoms with E-state index in [-0.39, 0.29) is 18.0 Å². The summed E-state index contributed by atoms with van der Waals surface area (Å²) in [6.45, 7) is 6.18. The molecule has 10 nitrogen and oxygen atoms in total. The number of pyridine rings is 2. The van der Waals surface area contributed by atoms with Crippen LogP contribution in [0.1, 0.15) is 64.8 Å². The minimum absolute atomic E-state index is 0.209. The van der Waals surface area contributed by atoms with Crippen molar-refractivity contribution in [1.29, 1.82) is 0 Å². The summed E-state index contributed by atoms with van der Waals surface area (Å²) in [5, 5.41) is 4.44. The Morgan fingerprint density at radius 1 is 1.10 bits per heavy atom. The number of nitrogens with zero attached hydrogens (tertiary/aromatic N) is 6. The quantitative estimate of drug-likeness (QED) is 0.332. The average molecular weight is 564 g/mol. The van der Waals surface area contributed by atoms with Crippen LogP contribution in [0.25, 0.3) is 33.8 Å². The third-order valence-corrected chi connectivity index (χ3v) is 9.41. The SMILES string of the molecule is C[C@H]([C@H]1CC[C@H](C)CC1)n1c(N2CCO[C@@H]3CCC[C@H]32)nc2cc(-c3noc(=O)[nH]3)nc(-c3cncc(Cl)c3)c21. The molecular formula is C29H34ClN7O3. The van der Waals surface area contributed by atoms with Gasteiger partial charge >= 0.3 is 5.76 Å². The number of hydrogen-bond donors (Lipinski definition) is 1. The van der Waals surface area contributed by atoms with Crippen LogP contribution in [0, 0.1) is 11.8 Å². The molecule has 0 radical (unpaired) electrons. The van der Waals surface area contributed by atoms with Crippen molar-refractivity contribution >= 4 is 28.6 Å². The molecule has 2 saturated carbocycles. The maximum atomic E-state index is 11.8. The zero-order chi connectivity index (χ0) is 27.4. The lowest BCUT2D eigenvalue weighted by atomic mass is 9.79. The molecule has 1 N–H and O–H groups in total. The summed E-state index contributed by atoms with van der Waals surface area (Å²) >= 11 is 6.42. The molecule has 4 aromatic rings. The summed E-state index contributed by atoms with van der Waals surface area (Å²) < 4.78 is 13.4. The van der Waals surface area contributed by atoms with E-state index in [1.54, 1.807) is 12.4 Å². The van der Waals surface area contributed by atoms with Crippen LogP contribution >= 0.6 is 11.6 Å². The highest BCUT2D eigenvalue weighted by atomic mass is 35.5. The van der Waals surface area contributed by atoms with Crippen molar-refractivity contribution in [3.05, 3.63) is 40.1 Å². The second-order valence-electron chi connectivity index (χ2n) is 11.7. The fourth-order valence-corrected chi connectivity index (χ4v) is 7.23. The van der Waals surface area contributed by atoms with Crippen LogP contribution in [-0.2, 0) is 4.74 Å². The first-order chi connectivity index (χ1) is 19.5. The summed E-state index contributed by atoms with van der Waals surface area (Å²) in [6, 6.07) is 4.28. The van der Waals surface area contributed by atoms with Gasteiger partial charge in [-0.2, -0.15) is 0 Å². The number of fused-ring (bicyclic) bond motifs is 2. The van der Waals surface area contributed by atoms with Crippen LogP contribution in [0.5, 0.6) is 0 Å². The molecule has 1 aliphatic heterocycles. The molecule has 3 aliphatic rings. The highest BCUT2D eigenvalue weighted by Gasteiger charge is 2.40. The molecule has 7 rings (SSSR count). The van der Waals surface area contributed by atoms with Crippen LogP contribution in [0.15, 0.2) is 33.8 Å². The summed E-state index contributed by atoms with van der Waals surface area (Å²) in [5.41, 5.74) is 3.70. The van der Waals surface area contributed by atoms with E-state index in [0.717, 1.165) is 54.3 Å². The van der Waals surface area contributed by atoms with Crippen molar-refractivity contribution in [2.75, 3.05) is 18.1 Å². The molecule has 0 bridgehead atoms. The van der Waals surface area contributed by atoms with Gasteiger partial charge in [0, 0.05) is 30.5 Å². The third-order valence-electron chi connectivity index (χ3n) is 9.20. The van der Waals surface area contributed by atoms with Crippen LogP contribution in [0.3, 0.4) is 0 Å². The lowest BCUT2D eigenvalue weighted by molar-refractivity contribution is 0.0245. The zero-order valence-electron chi connectivity index (χ0n) is 22.8. The van der Waals surface area contributed by atoms with Crippen LogP contribution in [-0.4, -0.2) is 55.0 Å². The van der Waals surface area contributed by atoms with Gasteiger partial charge in [-0.05, 0) is 63.0 Å². The molecule has 1 saturated heterocycles. The Hall–Kier alpha value is -3.24. The Kier molecular flexibility index (Phi) is 6.62. The molecule has 0 unspecified atom stereocenters. The standard InChI is InChI=1S/C29H34ClN7O3/c1-16-6-8-18(9-7-16)17(2)37-26-21(33-28(37)36-10-11-39-24-5-3-4-23(24)36)13-22(27-34-29(38)40-35-27)32-25(26)19-12-20(30)15-31-14-19/h12-18,23-24H,3-11H2,1-2H3,(H,34,35,38)/t16-,17-,18-,23-,24-/m1/s1. The molecule has 0 spiro atoms. The van der Waals surface area contributed by atoms with Crippen molar-refractivity contribution in [2.45, 2.75) is 77.0 Å². The maximum Gasteiger partial charge on any atom is 0.439 e. The Balaban J connectivity index is 1.47. The number of morpholine rings is 1. The van der Waals surface area contributed by atoms with Gasteiger partial charge in [0.25, 0.3) is 0 Å². The number of imidazole rings is 1. The number of rotatable bonds is 5. The number of hydrogen-bond acceptors (Lipinski definition) is 8. The summed E-state index contributed by atoms with van der Waals surface area (Å²) in [5.74, 6) is 1.89. The minimum Gasteiger partial charge on any atom is -0.374 e. The third kappa shape index (κ3) is 4.51. The second kappa shape index (κ2) is 10.3. The zero-order valence-corrected chi connectivity index (χ0v) is 23.6. The van der Waals surface area contributed by atoms with Crippen LogP contribution in [0.2, 0.25) is 5.02 Å². The fourth-order valence-electron chi connectivity index (χ4n) is 7.05. The average Bonchev–Trinajstić information content (AvgIpc) is 3.70. The molecule has 0 amide bonds. The monoisotopic (exact) mass is 563 g/mol. The summed E-state index contributed by atoms with van der Waals surface area (Å²) in [7, 11) is 0. The van der Waals surface area contributed by atoms with Crippen molar-refractivity contribution < 1.29 is 9.26 Å². The molecule has 0 aromatic carbocycles. The predicted octanol–water partition coefficient (Wildman–Crippen LogP) is 5.64. The van der Waals surface area contributed by atoms with E-state index >= 15 is 0 Å². The van der Waals surface area contributed by atoms with Gasteiger partial charge in [0.05, 0.1) is 40.5 Å². The molecule has 5 heterocycles. The Morgan fingerprint density at radius 3 is 2.73 bits per heavy atom. The fraction of sp³-hybridized carbons (Fsp3) is 0.552. The number of ether oxygens (including phenoxy) is 1. The van der Waals surface area contributed by atoms with E-state index in [1.807, 2.05) is 12.1 Å². The van der Waals surface area contributed by atoms with Gasteiger partial charge in [-0.25, -0.2) is 14.8 Å². The predicted molar refractivity (Wildman–Crippen MR) is 152 cm³/mol. The topological polar surface area (TPSA) is 115 Å². The molecule has 4 aromatic heterocycles. The van der Waals surface area contributed by atoms with Crippen molar-refractivity contribution in [3.63, 3.8) is 0 Å². The highest BCUT2D eigenvalue weighted by molar-refractivity contribution is 6.30. The van der Waals surface area contributed by atoms with E-state index in [2.05, 4.69) is 38.4 Å². The maximum absolute atomic E-state index is 11.8. The molecule has 11 heteroatoms. The van der Waals surface area contributed by atoms with E-state index < -0.39 is 5.76 Å². The summed E-state index contributed by atoms with van der Waals surface area (Å²) in [4.78, 5) is 31.6. The van der Waals surface area contributed by atoms with E-state index in [0.29, 0.717) is 35.0 Å². The Morgan fingerprint density at radius 2 is 1.95 bits per heavy atom. The Bertz CT molecular complexity index is 1590. The number of nitrogens with one attached hydrogen (secondary N) is 1. The normalized spacial score (nSPS) is 25.8. The molecular weight excluding hydrogens is 530 g/mol. The molecule has 3 fully saturated rings. The van der Waals surface area contributed by atoms with Gasteiger partial charge in [0.1, 0.15) is 5.69 Å². The molecule has 40 heavy (non-hydrogen) atoms. The van der Waals surface area contributed by atoms with Gasteiger partial charge in [-0.1, -0.05) is 36.5 Å². The van der Waals surface area contributed by atoms with E-state index in [1.165, 1.54) is 25.7 Å². The van der Waals surface area contributed by atoms with Gasteiger partial charge in [0.2, 0.25) is 11.8 Å². The second-order valence-corrected chi connectivity index (χ2v) is 12.1. The van der Waals surface area contributed by atoms with Gasteiger partial charge in [-0.3, -0.25) is 14.5 Å². The number of aromatic nitrogens is 6. The molecule has 210 valence electrons. The first-order valence-electron chi connectivity index (χ1n) is 14.4.